The molecule has 0 unspecified atom stereocenters. The van der Waals surface area contributed by atoms with Crippen LogP contribution in [-0.4, -0.2) is 51.9 Å². The van der Waals surface area contributed by atoms with Crippen LogP contribution >= 0.6 is 0 Å². The highest BCUT2D eigenvalue weighted by atomic mass is 16.6. The van der Waals surface area contributed by atoms with Crippen molar-refractivity contribution in [2.75, 3.05) is 6.54 Å². The first-order valence-corrected chi connectivity index (χ1v) is 7.23. The van der Waals surface area contributed by atoms with Gasteiger partial charge in [0, 0.05) is 12.6 Å². The summed E-state index contributed by atoms with van der Waals surface area (Å²) < 4.78 is 0. The fraction of sp³-hybridized carbons (Fsp3) is 0.400. The molecule has 9 nitrogen and oxygen atoms in total. The normalized spacial score (nSPS) is 19.7. The molecule has 2 atom stereocenters. The number of carbonyl (C=O) groups is 3. The van der Waals surface area contributed by atoms with Crippen LogP contribution in [0.25, 0.3) is 0 Å². The van der Waals surface area contributed by atoms with Gasteiger partial charge in [0.2, 0.25) is 0 Å². The van der Waals surface area contributed by atoms with E-state index in [-0.39, 0.29) is 6.04 Å². The van der Waals surface area contributed by atoms with Crippen LogP contribution in [0, 0.1) is 0 Å². The number of piperidine rings is 1. The Bertz CT molecular complexity index is 530. The van der Waals surface area contributed by atoms with Crippen molar-refractivity contribution in [3.05, 3.63) is 35.9 Å². The topological polar surface area (TPSA) is 145 Å². The van der Waals surface area contributed by atoms with Crippen molar-refractivity contribution in [1.82, 2.24) is 10.8 Å². The molecule has 1 aliphatic heterocycles. The molecule has 1 aromatic carbocycles. The molecule has 0 bridgehead atoms. The Balaban J connectivity index is 0.000000413. The van der Waals surface area contributed by atoms with Crippen LogP contribution in [0.5, 0.6) is 0 Å². The van der Waals surface area contributed by atoms with Crippen molar-refractivity contribution < 1.29 is 34.5 Å². The van der Waals surface area contributed by atoms with E-state index in [4.69, 9.17) is 29.7 Å². The summed E-state index contributed by atoms with van der Waals surface area (Å²) in [4.78, 5) is 34.4. The van der Waals surface area contributed by atoms with Gasteiger partial charge in [-0.15, -0.1) is 0 Å². The summed E-state index contributed by atoms with van der Waals surface area (Å²) in [5.41, 5.74) is 4.08. The van der Waals surface area contributed by atoms with Crippen LogP contribution in [0.1, 0.15) is 18.4 Å². The monoisotopic (exact) mass is 340 g/mol. The number of benzene rings is 1. The van der Waals surface area contributed by atoms with Gasteiger partial charge in [-0.3, -0.25) is 9.63 Å². The lowest BCUT2D eigenvalue weighted by Crippen LogP contribution is -2.50. The first-order valence-electron chi connectivity index (χ1n) is 7.23. The summed E-state index contributed by atoms with van der Waals surface area (Å²) in [5.74, 6) is -4.43. The van der Waals surface area contributed by atoms with E-state index in [0.29, 0.717) is 19.6 Å². The zero-order valence-electron chi connectivity index (χ0n) is 12.8. The summed E-state index contributed by atoms with van der Waals surface area (Å²) in [7, 11) is 0. The first kappa shape index (κ1) is 19.6. The minimum atomic E-state index is -1.82. The molecule has 24 heavy (non-hydrogen) atoms. The number of rotatable bonds is 5. The highest BCUT2D eigenvalue weighted by Gasteiger charge is 2.25. The molecule has 0 aromatic heterocycles. The zero-order valence-corrected chi connectivity index (χ0v) is 12.8. The van der Waals surface area contributed by atoms with Gasteiger partial charge in [-0.1, -0.05) is 30.3 Å². The lowest BCUT2D eigenvalue weighted by molar-refractivity contribution is -0.159. The van der Waals surface area contributed by atoms with Gasteiger partial charge in [0.25, 0.3) is 0 Å². The summed E-state index contributed by atoms with van der Waals surface area (Å²) >= 11 is 0. The van der Waals surface area contributed by atoms with Crippen molar-refractivity contribution in [3.8, 4) is 0 Å². The van der Waals surface area contributed by atoms with Crippen molar-refractivity contribution in [2.24, 2.45) is 0 Å². The highest BCUT2D eigenvalue weighted by Crippen LogP contribution is 2.09. The Hall–Kier alpha value is -2.49. The quantitative estimate of drug-likeness (QED) is 0.371. The molecule has 1 aliphatic rings. The lowest BCUT2D eigenvalue weighted by Gasteiger charge is -2.27. The maximum atomic E-state index is 10.7. The van der Waals surface area contributed by atoms with Crippen LogP contribution in [0.2, 0.25) is 0 Å². The zero-order chi connectivity index (χ0) is 17.9. The molecule has 1 heterocycles. The van der Waals surface area contributed by atoms with Crippen LogP contribution in [0.4, 0.5) is 0 Å². The Morgan fingerprint density at radius 2 is 1.71 bits per heavy atom. The second kappa shape index (κ2) is 10.3. The molecule has 1 saturated heterocycles. The molecule has 1 fully saturated rings. The van der Waals surface area contributed by atoms with Crippen molar-refractivity contribution in [3.63, 3.8) is 0 Å². The van der Waals surface area contributed by atoms with Gasteiger partial charge in [0.15, 0.2) is 0 Å². The van der Waals surface area contributed by atoms with E-state index in [1.54, 1.807) is 0 Å². The summed E-state index contributed by atoms with van der Waals surface area (Å²) in [6, 6.07) is 9.66. The standard InChI is InChI=1S/C13H18N2O3.C2H2O4/c16-13(17)12-7-6-11(8-14-12)15-18-9-10-4-2-1-3-5-10;3-1(4)2(5)6/h1-5,11-12,14-15H,6-9H2,(H,16,17);(H,3,4)(H,5,6)/t11-,12+;/m0./s1. The molecular weight excluding hydrogens is 320 g/mol. The molecule has 132 valence electrons. The van der Waals surface area contributed by atoms with Gasteiger partial charge in [0.05, 0.1) is 6.61 Å². The van der Waals surface area contributed by atoms with Crippen LogP contribution in [0.3, 0.4) is 0 Å². The van der Waals surface area contributed by atoms with Crippen LogP contribution in [0.15, 0.2) is 30.3 Å². The first-order chi connectivity index (χ1) is 11.4. The van der Waals surface area contributed by atoms with Crippen LogP contribution in [-0.2, 0) is 25.8 Å². The van der Waals surface area contributed by atoms with Gasteiger partial charge in [-0.05, 0) is 18.4 Å². The number of hydroxylamine groups is 1. The maximum Gasteiger partial charge on any atom is 0.414 e. The number of hydrogen-bond donors (Lipinski definition) is 5. The Morgan fingerprint density at radius 3 is 2.17 bits per heavy atom. The van der Waals surface area contributed by atoms with Crippen molar-refractivity contribution >= 4 is 17.9 Å². The molecule has 0 spiro atoms. The summed E-state index contributed by atoms with van der Waals surface area (Å²) in [6.45, 7) is 1.13. The third-order valence-corrected chi connectivity index (χ3v) is 3.23. The molecule has 9 heteroatoms. The summed E-state index contributed by atoms with van der Waals surface area (Å²) in [6.07, 6.45) is 1.43. The van der Waals surface area contributed by atoms with Crippen molar-refractivity contribution in [1.29, 1.82) is 0 Å². The van der Waals surface area contributed by atoms with E-state index in [2.05, 4.69) is 10.8 Å². The minimum absolute atomic E-state index is 0.171. The molecule has 0 radical (unpaired) electrons. The SMILES string of the molecule is O=C(O)C(=O)O.O=C(O)[C@H]1CC[C@H](NOCc2ccccc2)CN1. The third kappa shape index (κ3) is 7.68. The Kier molecular flexibility index (Phi) is 8.41. The lowest BCUT2D eigenvalue weighted by atomic mass is 10.0. The third-order valence-electron chi connectivity index (χ3n) is 3.23. The van der Waals surface area contributed by atoms with Gasteiger partial charge in [-0.2, -0.15) is 5.48 Å². The fourth-order valence-corrected chi connectivity index (χ4v) is 1.98. The van der Waals surface area contributed by atoms with E-state index in [1.165, 1.54) is 0 Å². The number of hydrogen-bond acceptors (Lipinski definition) is 6. The number of aliphatic carboxylic acids is 3. The molecule has 0 amide bonds. The smallest absolute Gasteiger partial charge is 0.414 e. The Labute approximate surface area is 138 Å². The van der Waals surface area contributed by atoms with E-state index < -0.39 is 23.9 Å². The number of carboxylic acid groups (broad SMARTS) is 3. The molecule has 5 N–H and O–H groups in total. The second-order valence-electron chi connectivity index (χ2n) is 5.08. The minimum Gasteiger partial charge on any atom is -0.480 e. The molecule has 0 aliphatic carbocycles. The predicted molar refractivity (Wildman–Crippen MR) is 82.1 cm³/mol. The van der Waals surface area contributed by atoms with E-state index >= 15 is 0 Å². The second-order valence-corrected chi connectivity index (χ2v) is 5.08. The predicted octanol–water partition coefficient (Wildman–Crippen LogP) is 0.0686. The molecule has 0 saturated carbocycles. The van der Waals surface area contributed by atoms with E-state index in [9.17, 15) is 4.79 Å². The van der Waals surface area contributed by atoms with Gasteiger partial charge in [0.1, 0.15) is 6.04 Å². The summed E-state index contributed by atoms with van der Waals surface area (Å²) in [5, 5.41) is 26.6. The fourth-order valence-electron chi connectivity index (χ4n) is 1.98. The molecular formula is C15H20N2O7. The van der Waals surface area contributed by atoms with Gasteiger partial charge < -0.3 is 20.6 Å². The van der Waals surface area contributed by atoms with E-state index in [0.717, 1.165) is 12.0 Å². The maximum absolute atomic E-state index is 10.7. The number of nitrogens with one attached hydrogen (secondary N) is 2. The average molecular weight is 340 g/mol. The highest BCUT2D eigenvalue weighted by molar-refractivity contribution is 6.27. The van der Waals surface area contributed by atoms with Crippen LogP contribution < -0.4 is 10.8 Å². The largest absolute Gasteiger partial charge is 0.480 e. The van der Waals surface area contributed by atoms with Gasteiger partial charge >= 0.3 is 17.9 Å². The van der Waals surface area contributed by atoms with Crippen molar-refractivity contribution in [2.45, 2.75) is 31.5 Å². The number of carboxylic acids is 3. The average Bonchev–Trinajstić information content (AvgIpc) is 2.57. The van der Waals surface area contributed by atoms with E-state index in [1.807, 2.05) is 30.3 Å². The van der Waals surface area contributed by atoms with Gasteiger partial charge in [-0.25, -0.2) is 9.59 Å². The Morgan fingerprint density at radius 1 is 1.08 bits per heavy atom. The molecule has 1 aromatic rings. The molecule has 2 rings (SSSR count).